The molecule has 0 aliphatic heterocycles. The summed E-state index contributed by atoms with van der Waals surface area (Å²) in [7, 11) is 0. The summed E-state index contributed by atoms with van der Waals surface area (Å²) in [5.74, 6) is -0.658. The summed E-state index contributed by atoms with van der Waals surface area (Å²) in [6, 6.07) is 0. The molecule has 0 rings (SSSR count). The number of carbonyl (C=O) groups is 2. The minimum absolute atomic E-state index is 0.329. The first-order valence-corrected chi connectivity index (χ1v) is 8.61. The van der Waals surface area contributed by atoms with Crippen LogP contribution in [0.1, 0.15) is 97.3 Å². The van der Waals surface area contributed by atoms with Crippen molar-refractivity contribution in [2.24, 2.45) is 11.5 Å². The normalized spacial score (nSPS) is 9.81. The van der Waals surface area contributed by atoms with Gasteiger partial charge in [0.25, 0.3) is 0 Å². The van der Waals surface area contributed by atoms with Crippen LogP contribution in [0.3, 0.4) is 0 Å². The van der Waals surface area contributed by atoms with Crippen molar-refractivity contribution in [3.8, 4) is 0 Å². The van der Waals surface area contributed by atoms with Crippen LogP contribution in [-0.4, -0.2) is 11.8 Å². The van der Waals surface area contributed by atoms with Gasteiger partial charge in [0.05, 0.1) is 0 Å². The molecule has 0 heterocycles. The van der Waals surface area contributed by atoms with Crippen molar-refractivity contribution in [3.63, 3.8) is 0 Å². The highest BCUT2D eigenvalue weighted by molar-refractivity contribution is 5.74. The highest BCUT2D eigenvalue weighted by atomic mass is 16.1. The summed E-state index contributed by atoms with van der Waals surface area (Å²) in [6.07, 6.45) is 14.9. The Morgan fingerprint density at radius 3 is 1.10 bits per heavy atom. The van der Waals surface area contributed by atoms with Gasteiger partial charge in [-0.1, -0.05) is 71.6 Å². The topological polar surface area (TPSA) is 86.2 Å². The molecule has 2 amide bonds. The second-order valence-corrected chi connectivity index (χ2v) is 5.61. The first-order valence-electron chi connectivity index (χ1n) is 8.61. The Bertz CT molecular complexity index is 219. The van der Waals surface area contributed by atoms with Gasteiger partial charge in [0.2, 0.25) is 11.8 Å². The van der Waals surface area contributed by atoms with Crippen LogP contribution in [-0.2, 0) is 9.59 Å². The number of nitrogens with two attached hydrogens (primary N) is 2. The Labute approximate surface area is 131 Å². The Kier molecular flexibility index (Phi) is 20.0. The van der Waals surface area contributed by atoms with E-state index in [-0.39, 0.29) is 11.8 Å². The maximum atomic E-state index is 10.2. The lowest BCUT2D eigenvalue weighted by atomic mass is 10.1. The molecule has 0 aromatic carbocycles. The van der Waals surface area contributed by atoms with Gasteiger partial charge in [-0.15, -0.1) is 0 Å². The Morgan fingerprint density at radius 1 is 0.571 bits per heavy atom. The molecule has 4 heteroatoms. The van der Waals surface area contributed by atoms with Gasteiger partial charge < -0.3 is 11.5 Å². The van der Waals surface area contributed by atoms with Crippen LogP contribution in [0.5, 0.6) is 0 Å². The Morgan fingerprint density at radius 2 is 0.857 bits per heavy atom. The number of unbranched alkanes of at least 4 members (excludes halogenated alkanes) is 9. The molecule has 4 N–H and O–H groups in total. The van der Waals surface area contributed by atoms with Gasteiger partial charge in [0.15, 0.2) is 0 Å². The van der Waals surface area contributed by atoms with Crippen LogP contribution in [0, 0.1) is 0 Å². The standard InChI is InChI=1S/C11H24.C6H12N2O2/c1-3-5-7-9-11-10-8-6-4-2;7-5(9)3-1-2-4-6(8)10/h3-11H2,1-2H3;1-4H2,(H2,7,9)(H2,8,10). The number of rotatable bonds is 13. The third-order valence-corrected chi connectivity index (χ3v) is 3.30. The molecule has 0 saturated heterocycles. The Hall–Kier alpha value is -1.06. The molecule has 21 heavy (non-hydrogen) atoms. The summed E-state index contributed by atoms with van der Waals surface area (Å²) in [4.78, 5) is 20.3. The van der Waals surface area contributed by atoms with E-state index in [1.165, 1.54) is 57.8 Å². The average Bonchev–Trinajstić information content (AvgIpc) is 2.43. The fourth-order valence-electron chi connectivity index (χ4n) is 1.98. The molecule has 0 unspecified atom stereocenters. The summed E-state index contributed by atoms with van der Waals surface area (Å²) >= 11 is 0. The van der Waals surface area contributed by atoms with E-state index in [9.17, 15) is 9.59 Å². The summed E-state index contributed by atoms with van der Waals surface area (Å²) in [6.45, 7) is 4.55. The number of primary amides is 2. The van der Waals surface area contributed by atoms with E-state index < -0.39 is 0 Å². The lowest BCUT2D eigenvalue weighted by Crippen LogP contribution is -2.12. The minimum Gasteiger partial charge on any atom is -0.370 e. The van der Waals surface area contributed by atoms with E-state index in [2.05, 4.69) is 13.8 Å². The predicted octanol–water partition coefficient (Wildman–Crippen LogP) is 4.05. The molecular weight excluding hydrogens is 264 g/mol. The van der Waals surface area contributed by atoms with E-state index in [0.29, 0.717) is 25.7 Å². The van der Waals surface area contributed by atoms with Crippen LogP contribution in [0.25, 0.3) is 0 Å². The first-order chi connectivity index (χ1) is 10.0. The first kappa shape index (κ1) is 22.2. The smallest absolute Gasteiger partial charge is 0.217 e. The van der Waals surface area contributed by atoms with Gasteiger partial charge in [0, 0.05) is 12.8 Å². The second-order valence-electron chi connectivity index (χ2n) is 5.61. The van der Waals surface area contributed by atoms with Crippen LogP contribution in [0.2, 0.25) is 0 Å². The lowest BCUT2D eigenvalue weighted by molar-refractivity contribution is -0.119. The van der Waals surface area contributed by atoms with Crippen molar-refractivity contribution in [2.45, 2.75) is 97.3 Å². The molecule has 0 bridgehead atoms. The van der Waals surface area contributed by atoms with E-state index in [4.69, 9.17) is 11.5 Å². The molecule has 4 nitrogen and oxygen atoms in total. The van der Waals surface area contributed by atoms with Gasteiger partial charge in [-0.3, -0.25) is 9.59 Å². The zero-order valence-corrected chi connectivity index (χ0v) is 14.2. The Balaban J connectivity index is 0. The highest BCUT2D eigenvalue weighted by Crippen LogP contribution is 2.08. The summed E-state index contributed by atoms with van der Waals surface area (Å²) < 4.78 is 0. The van der Waals surface area contributed by atoms with Crippen molar-refractivity contribution in [1.29, 1.82) is 0 Å². The summed E-state index contributed by atoms with van der Waals surface area (Å²) in [5.41, 5.74) is 9.71. The molecule has 0 atom stereocenters. The van der Waals surface area contributed by atoms with E-state index in [1.807, 2.05) is 0 Å². The van der Waals surface area contributed by atoms with Gasteiger partial charge in [-0.2, -0.15) is 0 Å². The van der Waals surface area contributed by atoms with E-state index in [0.717, 1.165) is 0 Å². The number of hydrogen-bond donors (Lipinski definition) is 2. The lowest BCUT2D eigenvalue weighted by Gasteiger charge is -1.98. The zero-order valence-electron chi connectivity index (χ0n) is 14.2. The molecular formula is C17H36N2O2. The van der Waals surface area contributed by atoms with Crippen molar-refractivity contribution >= 4 is 11.8 Å². The van der Waals surface area contributed by atoms with E-state index in [1.54, 1.807) is 0 Å². The fourth-order valence-corrected chi connectivity index (χ4v) is 1.98. The van der Waals surface area contributed by atoms with Crippen LogP contribution in [0.4, 0.5) is 0 Å². The molecule has 0 saturated carbocycles. The zero-order chi connectivity index (χ0) is 16.3. The highest BCUT2D eigenvalue weighted by Gasteiger charge is 1.96. The largest absolute Gasteiger partial charge is 0.370 e. The van der Waals surface area contributed by atoms with Crippen molar-refractivity contribution in [2.75, 3.05) is 0 Å². The monoisotopic (exact) mass is 300 g/mol. The van der Waals surface area contributed by atoms with Crippen LogP contribution < -0.4 is 11.5 Å². The molecule has 0 aromatic heterocycles. The van der Waals surface area contributed by atoms with Crippen molar-refractivity contribution < 1.29 is 9.59 Å². The maximum absolute atomic E-state index is 10.2. The van der Waals surface area contributed by atoms with Gasteiger partial charge in [-0.05, 0) is 12.8 Å². The molecule has 126 valence electrons. The van der Waals surface area contributed by atoms with E-state index >= 15 is 0 Å². The quantitative estimate of drug-likeness (QED) is 0.503. The van der Waals surface area contributed by atoms with Crippen LogP contribution in [0.15, 0.2) is 0 Å². The van der Waals surface area contributed by atoms with Gasteiger partial charge >= 0.3 is 0 Å². The number of amides is 2. The minimum atomic E-state index is -0.329. The van der Waals surface area contributed by atoms with Crippen LogP contribution >= 0.6 is 0 Å². The third kappa shape index (κ3) is 28.0. The molecule has 0 aromatic rings. The third-order valence-electron chi connectivity index (χ3n) is 3.30. The SMILES string of the molecule is CCCCCCCCCCC.NC(=O)CCCCC(N)=O. The molecule has 0 radical (unpaired) electrons. The fraction of sp³-hybridized carbons (Fsp3) is 0.882. The van der Waals surface area contributed by atoms with Crippen molar-refractivity contribution in [3.05, 3.63) is 0 Å². The predicted molar refractivity (Wildman–Crippen MR) is 89.8 cm³/mol. The summed E-state index contributed by atoms with van der Waals surface area (Å²) in [5, 5.41) is 0. The second kappa shape index (κ2) is 18.9. The average molecular weight is 300 g/mol. The van der Waals surface area contributed by atoms with Gasteiger partial charge in [-0.25, -0.2) is 0 Å². The van der Waals surface area contributed by atoms with Crippen molar-refractivity contribution in [1.82, 2.24) is 0 Å². The molecule has 0 fully saturated rings. The molecule has 0 spiro atoms. The number of carbonyl (C=O) groups excluding carboxylic acids is 2. The van der Waals surface area contributed by atoms with Gasteiger partial charge in [0.1, 0.15) is 0 Å². The number of hydrogen-bond acceptors (Lipinski definition) is 2. The molecule has 0 aliphatic carbocycles. The molecule has 0 aliphatic rings. The maximum Gasteiger partial charge on any atom is 0.217 e.